The smallest absolute Gasteiger partial charge is 0.0623 e. The van der Waals surface area contributed by atoms with Crippen LogP contribution in [0.3, 0.4) is 0 Å². The Morgan fingerprint density at radius 1 is 0.441 bits per heavy atom. The zero-order chi connectivity index (χ0) is 22.7. The molecule has 0 nitrogen and oxygen atoms in total. The molecule has 0 N–H and O–H groups in total. The molecule has 0 saturated heterocycles. The lowest BCUT2D eigenvalue weighted by molar-refractivity contribution is 1.49. The second-order valence-electron chi connectivity index (χ2n) is 9.44. The summed E-state index contributed by atoms with van der Waals surface area (Å²) in [7, 11) is -2.45. The van der Waals surface area contributed by atoms with E-state index < -0.39 is 8.07 Å². The van der Waals surface area contributed by atoms with Crippen molar-refractivity contribution in [1.29, 1.82) is 0 Å². The summed E-state index contributed by atoms with van der Waals surface area (Å²) in [6.45, 7) is 2.21. The highest BCUT2D eigenvalue weighted by Gasteiger charge is 2.48. The standard InChI is InChI=1S/C33H24Si/c1-23-16-19-32-30(20-23)31-21-25-18-17-24-10-8-9-15-28(24)29(25)22-33(31)34(32,26-11-4-2-5-12-26)27-13-6-3-7-14-27/h2-22H,1H3. The monoisotopic (exact) mass is 448 g/mol. The first-order chi connectivity index (χ1) is 16.8. The summed E-state index contributed by atoms with van der Waals surface area (Å²) in [6.07, 6.45) is 0. The summed E-state index contributed by atoms with van der Waals surface area (Å²) in [5, 5.41) is 11.2. The maximum atomic E-state index is 2.54. The highest BCUT2D eigenvalue weighted by atomic mass is 28.3. The highest BCUT2D eigenvalue weighted by molar-refractivity contribution is 7.22. The summed E-state index contributed by atoms with van der Waals surface area (Å²) in [4.78, 5) is 0. The van der Waals surface area contributed by atoms with Gasteiger partial charge in [-0.2, -0.15) is 0 Å². The molecule has 0 spiro atoms. The highest BCUT2D eigenvalue weighted by Crippen LogP contribution is 2.34. The van der Waals surface area contributed by atoms with Crippen LogP contribution in [0.2, 0.25) is 0 Å². The van der Waals surface area contributed by atoms with E-state index >= 15 is 0 Å². The van der Waals surface area contributed by atoms with Crippen LogP contribution in [0.25, 0.3) is 32.7 Å². The van der Waals surface area contributed by atoms with E-state index in [0.717, 1.165) is 0 Å². The van der Waals surface area contributed by atoms with Crippen molar-refractivity contribution in [3.8, 4) is 11.1 Å². The minimum absolute atomic E-state index is 1.30. The molecular formula is C33H24Si. The van der Waals surface area contributed by atoms with E-state index in [1.165, 1.54) is 59.0 Å². The van der Waals surface area contributed by atoms with Crippen LogP contribution < -0.4 is 20.7 Å². The predicted octanol–water partition coefficient (Wildman–Crippen LogP) is 5.66. The van der Waals surface area contributed by atoms with Crippen LogP contribution in [0.1, 0.15) is 5.56 Å². The topological polar surface area (TPSA) is 0 Å². The lowest BCUT2D eigenvalue weighted by atomic mass is 9.97. The van der Waals surface area contributed by atoms with Gasteiger partial charge in [-0.15, -0.1) is 0 Å². The Hall–Kier alpha value is -3.94. The molecular weight excluding hydrogens is 424 g/mol. The van der Waals surface area contributed by atoms with Gasteiger partial charge in [0.15, 0.2) is 8.07 Å². The number of aryl methyl sites for hydroxylation is 1. The van der Waals surface area contributed by atoms with Gasteiger partial charge in [-0.25, -0.2) is 0 Å². The zero-order valence-electron chi connectivity index (χ0n) is 19.1. The Morgan fingerprint density at radius 3 is 1.79 bits per heavy atom. The van der Waals surface area contributed by atoms with Crippen LogP contribution in [0.15, 0.2) is 127 Å². The summed E-state index contributed by atoms with van der Waals surface area (Å²) < 4.78 is 0. The Labute approximate surface area is 201 Å². The summed E-state index contributed by atoms with van der Waals surface area (Å²) in [5.41, 5.74) is 4.12. The minimum Gasteiger partial charge on any atom is -0.0623 e. The summed E-state index contributed by atoms with van der Waals surface area (Å²) >= 11 is 0. The van der Waals surface area contributed by atoms with Crippen molar-refractivity contribution in [3.63, 3.8) is 0 Å². The van der Waals surface area contributed by atoms with E-state index in [2.05, 4.69) is 134 Å². The van der Waals surface area contributed by atoms with E-state index in [0.29, 0.717) is 0 Å². The SMILES string of the molecule is Cc1ccc2c(c1)-c1cc3ccc4ccccc4c3cc1[Si]2(c1ccccc1)c1ccccc1. The third-order valence-electron chi connectivity index (χ3n) is 7.57. The second-order valence-corrected chi connectivity index (χ2v) is 13.2. The summed E-state index contributed by atoms with van der Waals surface area (Å²) in [5.74, 6) is 0. The fraction of sp³-hybridized carbons (Fsp3) is 0.0303. The Kier molecular flexibility index (Phi) is 4.18. The molecule has 1 aliphatic heterocycles. The second kappa shape index (κ2) is 7.28. The summed E-state index contributed by atoms with van der Waals surface area (Å²) in [6, 6.07) is 47.9. The number of hydrogen-bond acceptors (Lipinski definition) is 0. The molecule has 1 heteroatoms. The Bertz CT molecular complexity index is 1660. The fourth-order valence-corrected chi connectivity index (χ4v) is 11.3. The fourth-order valence-electron chi connectivity index (χ4n) is 6.11. The molecule has 0 atom stereocenters. The molecule has 0 aromatic heterocycles. The molecule has 0 bridgehead atoms. The van der Waals surface area contributed by atoms with Crippen LogP contribution in [-0.4, -0.2) is 8.07 Å². The Balaban J connectivity index is 1.70. The number of benzene rings is 6. The molecule has 7 rings (SSSR count). The van der Waals surface area contributed by atoms with E-state index in [1.807, 2.05) is 0 Å². The molecule has 0 unspecified atom stereocenters. The van der Waals surface area contributed by atoms with Gasteiger partial charge < -0.3 is 0 Å². The normalized spacial score (nSPS) is 13.7. The first-order valence-corrected chi connectivity index (χ1v) is 14.0. The van der Waals surface area contributed by atoms with Gasteiger partial charge in [0.05, 0.1) is 0 Å². The molecule has 1 heterocycles. The van der Waals surface area contributed by atoms with Gasteiger partial charge in [0.25, 0.3) is 0 Å². The van der Waals surface area contributed by atoms with Crippen LogP contribution in [0.4, 0.5) is 0 Å². The maximum absolute atomic E-state index is 2.54. The van der Waals surface area contributed by atoms with Gasteiger partial charge in [-0.3, -0.25) is 0 Å². The van der Waals surface area contributed by atoms with E-state index in [9.17, 15) is 0 Å². The largest absolute Gasteiger partial charge is 0.180 e. The quantitative estimate of drug-likeness (QED) is 0.236. The van der Waals surface area contributed by atoms with Crippen molar-refractivity contribution < 1.29 is 0 Å². The first-order valence-electron chi connectivity index (χ1n) is 12.0. The molecule has 1 aliphatic rings. The molecule has 34 heavy (non-hydrogen) atoms. The lowest BCUT2D eigenvalue weighted by Gasteiger charge is -2.31. The lowest BCUT2D eigenvalue weighted by Crippen LogP contribution is -2.72. The first kappa shape index (κ1) is 19.5. The molecule has 0 radical (unpaired) electrons. The van der Waals surface area contributed by atoms with E-state index in [1.54, 1.807) is 0 Å². The van der Waals surface area contributed by atoms with Gasteiger partial charge in [0.1, 0.15) is 0 Å². The maximum Gasteiger partial charge on any atom is 0.180 e. The van der Waals surface area contributed by atoms with Crippen molar-refractivity contribution in [2.45, 2.75) is 6.92 Å². The van der Waals surface area contributed by atoms with Crippen molar-refractivity contribution in [2.24, 2.45) is 0 Å². The van der Waals surface area contributed by atoms with Gasteiger partial charge in [-0.1, -0.05) is 127 Å². The van der Waals surface area contributed by atoms with Crippen molar-refractivity contribution in [3.05, 3.63) is 133 Å². The van der Waals surface area contributed by atoms with Crippen LogP contribution >= 0.6 is 0 Å². The van der Waals surface area contributed by atoms with E-state index in [4.69, 9.17) is 0 Å². The van der Waals surface area contributed by atoms with Crippen LogP contribution in [0, 0.1) is 6.92 Å². The van der Waals surface area contributed by atoms with Gasteiger partial charge in [0.2, 0.25) is 0 Å². The van der Waals surface area contributed by atoms with Crippen molar-refractivity contribution in [1.82, 2.24) is 0 Å². The number of fused-ring (bicyclic) bond motifs is 6. The van der Waals surface area contributed by atoms with Crippen LogP contribution in [-0.2, 0) is 0 Å². The Morgan fingerprint density at radius 2 is 1.06 bits per heavy atom. The minimum atomic E-state index is -2.45. The number of hydrogen-bond donors (Lipinski definition) is 0. The van der Waals surface area contributed by atoms with Crippen LogP contribution in [0.5, 0.6) is 0 Å². The third-order valence-corrected chi connectivity index (χ3v) is 12.4. The predicted molar refractivity (Wildman–Crippen MR) is 149 cm³/mol. The molecule has 0 saturated carbocycles. The van der Waals surface area contributed by atoms with Crippen molar-refractivity contribution in [2.75, 3.05) is 0 Å². The average Bonchev–Trinajstić information content (AvgIpc) is 3.18. The van der Waals surface area contributed by atoms with E-state index in [-0.39, 0.29) is 0 Å². The van der Waals surface area contributed by atoms with Gasteiger partial charge in [0, 0.05) is 0 Å². The molecule has 0 amide bonds. The third kappa shape index (κ3) is 2.59. The number of rotatable bonds is 2. The van der Waals surface area contributed by atoms with Gasteiger partial charge in [-0.05, 0) is 66.4 Å². The molecule has 6 aromatic carbocycles. The van der Waals surface area contributed by atoms with Gasteiger partial charge >= 0.3 is 0 Å². The molecule has 6 aromatic rings. The molecule has 0 aliphatic carbocycles. The van der Waals surface area contributed by atoms with Crippen molar-refractivity contribution >= 4 is 50.4 Å². The average molecular weight is 449 g/mol. The molecule has 160 valence electrons. The zero-order valence-corrected chi connectivity index (χ0v) is 20.1. The molecule has 0 fully saturated rings.